The van der Waals surface area contributed by atoms with Crippen LogP contribution in [0.15, 0.2) is 0 Å². The standard InChI is InChI=1S/C12H24N4O4/c13-6-2-1-3-9(12(19)20)16-11(18)5-8-15-10(17)4-7-14/h9H,1-8,13-14H2,(H,15,17)(H,16,18)(H,19,20)/t9-/m0/s1. The van der Waals surface area contributed by atoms with Crippen LogP contribution in [0.5, 0.6) is 0 Å². The van der Waals surface area contributed by atoms with Gasteiger partial charge in [-0.2, -0.15) is 0 Å². The lowest BCUT2D eigenvalue weighted by Gasteiger charge is -2.14. The SMILES string of the molecule is NCCCC[C@H](NC(=O)CCNC(=O)CCN)C(=O)O. The number of carbonyl (C=O) groups is 3. The van der Waals surface area contributed by atoms with Crippen LogP contribution in [-0.4, -0.2) is 48.6 Å². The second kappa shape index (κ2) is 11.2. The van der Waals surface area contributed by atoms with Gasteiger partial charge in [0.15, 0.2) is 0 Å². The van der Waals surface area contributed by atoms with Gasteiger partial charge in [-0.05, 0) is 25.8 Å². The fourth-order valence-electron chi connectivity index (χ4n) is 1.55. The van der Waals surface area contributed by atoms with Crippen molar-refractivity contribution in [3.63, 3.8) is 0 Å². The molecule has 8 nitrogen and oxygen atoms in total. The maximum atomic E-state index is 11.6. The first-order chi connectivity index (χ1) is 9.51. The monoisotopic (exact) mass is 288 g/mol. The van der Waals surface area contributed by atoms with E-state index >= 15 is 0 Å². The van der Waals surface area contributed by atoms with Crippen molar-refractivity contribution in [3.05, 3.63) is 0 Å². The second-order valence-corrected chi connectivity index (χ2v) is 4.38. The summed E-state index contributed by atoms with van der Waals surface area (Å²) in [5.41, 5.74) is 10.5. The topological polar surface area (TPSA) is 148 Å². The average Bonchev–Trinajstić information content (AvgIpc) is 2.38. The van der Waals surface area contributed by atoms with Crippen LogP contribution in [0.3, 0.4) is 0 Å². The summed E-state index contributed by atoms with van der Waals surface area (Å²) in [6.45, 7) is 0.910. The van der Waals surface area contributed by atoms with E-state index in [-0.39, 0.29) is 31.8 Å². The Hall–Kier alpha value is -1.67. The first kappa shape index (κ1) is 18.3. The molecule has 7 N–H and O–H groups in total. The number of hydrogen-bond donors (Lipinski definition) is 5. The van der Waals surface area contributed by atoms with E-state index in [1.54, 1.807) is 0 Å². The van der Waals surface area contributed by atoms with Crippen LogP contribution in [0.1, 0.15) is 32.1 Å². The number of carboxylic acids is 1. The zero-order chi connectivity index (χ0) is 15.4. The van der Waals surface area contributed by atoms with E-state index in [9.17, 15) is 14.4 Å². The summed E-state index contributed by atoms with van der Waals surface area (Å²) >= 11 is 0. The van der Waals surface area contributed by atoms with Crippen LogP contribution in [0.25, 0.3) is 0 Å². The normalized spacial score (nSPS) is 11.7. The van der Waals surface area contributed by atoms with E-state index in [0.717, 1.165) is 6.42 Å². The molecule has 0 saturated heterocycles. The third-order valence-electron chi connectivity index (χ3n) is 2.63. The molecule has 20 heavy (non-hydrogen) atoms. The van der Waals surface area contributed by atoms with Crippen LogP contribution >= 0.6 is 0 Å². The molecule has 2 amide bonds. The lowest BCUT2D eigenvalue weighted by molar-refractivity contribution is -0.142. The van der Waals surface area contributed by atoms with Crippen LogP contribution < -0.4 is 22.1 Å². The Bertz CT molecular complexity index is 323. The fraction of sp³-hybridized carbons (Fsp3) is 0.750. The van der Waals surface area contributed by atoms with Crippen molar-refractivity contribution in [2.45, 2.75) is 38.1 Å². The molecule has 8 heteroatoms. The molecule has 0 aliphatic carbocycles. The third-order valence-corrected chi connectivity index (χ3v) is 2.63. The average molecular weight is 288 g/mol. The van der Waals surface area contributed by atoms with Gasteiger partial charge in [0.05, 0.1) is 0 Å². The van der Waals surface area contributed by atoms with Gasteiger partial charge in [0.2, 0.25) is 11.8 Å². The zero-order valence-electron chi connectivity index (χ0n) is 11.6. The number of nitrogens with one attached hydrogen (secondary N) is 2. The molecule has 0 aromatic carbocycles. The first-order valence-electron chi connectivity index (χ1n) is 6.70. The maximum absolute atomic E-state index is 11.6. The van der Waals surface area contributed by atoms with Crippen molar-refractivity contribution in [3.8, 4) is 0 Å². The Morgan fingerprint density at radius 1 is 1.00 bits per heavy atom. The summed E-state index contributed by atoms with van der Waals surface area (Å²) in [5, 5.41) is 13.9. The second-order valence-electron chi connectivity index (χ2n) is 4.38. The molecular weight excluding hydrogens is 264 g/mol. The van der Waals surface area contributed by atoms with Gasteiger partial charge in [-0.15, -0.1) is 0 Å². The molecule has 0 radical (unpaired) electrons. The largest absolute Gasteiger partial charge is 0.480 e. The Morgan fingerprint density at radius 2 is 1.70 bits per heavy atom. The van der Waals surface area contributed by atoms with Gasteiger partial charge in [0.1, 0.15) is 6.04 Å². The third kappa shape index (κ3) is 9.29. The smallest absolute Gasteiger partial charge is 0.326 e. The highest BCUT2D eigenvalue weighted by molar-refractivity contribution is 5.84. The van der Waals surface area contributed by atoms with Gasteiger partial charge in [-0.3, -0.25) is 9.59 Å². The highest BCUT2D eigenvalue weighted by Crippen LogP contribution is 2.01. The quantitative estimate of drug-likeness (QED) is 0.293. The number of carbonyl (C=O) groups excluding carboxylic acids is 2. The maximum Gasteiger partial charge on any atom is 0.326 e. The molecule has 0 aromatic heterocycles. The molecule has 1 atom stereocenters. The molecule has 0 bridgehead atoms. The van der Waals surface area contributed by atoms with E-state index in [1.807, 2.05) is 0 Å². The lowest BCUT2D eigenvalue weighted by Crippen LogP contribution is -2.42. The number of aliphatic carboxylic acids is 1. The van der Waals surface area contributed by atoms with Crippen molar-refractivity contribution < 1.29 is 19.5 Å². The van der Waals surface area contributed by atoms with Crippen molar-refractivity contribution in [1.82, 2.24) is 10.6 Å². The van der Waals surface area contributed by atoms with Gasteiger partial charge in [-0.1, -0.05) is 0 Å². The van der Waals surface area contributed by atoms with Crippen molar-refractivity contribution >= 4 is 17.8 Å². The molecule has 0 aromatic rings. The minimum Gasteiger partial charge on any atom is -0.480 e. The van der Waals surface area contributed by atoms with Crippen LogP contribution in [0.2, 0.25) is 0 Å². The summed E-state index contributed by atoms with van der Waals surface area (Å²) in [7, 11) is 0. The van der Waals surface area contributed by atoms with Crippen molar-refractivity contribution in [2.75, 3.05) is 19.6 Å². The molecule has 0 aliphatic rings. The molecular formula is C12H24N4O4. The zero-order valence-corrected chi connectivity index (χ0v) is 11.6. The van der Waals surface area contributed by atoms with Crippen molar-refractivity contribution in [1.29, 1.82) is 0 Å². The summed E-state index contributed by atoms with van der Waals surface area (Å²) < 4.78 is 0. The molecule has 0 saturated carbocycles. The fourth-order valence-corrected chi connectivity index (χ4v) is 1.55. The van der Waals surface area contributed by atoms with Crippen LogP contribution in [0, 0.1) is 0 Å². The first-order valence-corrected chi connectivity index (χ1v) is 6.70. The van der Waals surface area contributed by atoms with E-state index in [2.05, 4.69) is 10.6 Å². The summed E-state index contributed by atoms with van der Waals surface area (Å²) in [6.07, 6.45) is 1.95. The van der Waals surface area contributed by atoms with E-state index in [4.69, 9.17) is 16.6 Å². The Kier molecular flexibility index (Phi) is 10.2. The molecule has 0 heterocycles. The van der Waals surface area contributed by atoms with Gasteiger partial charge in [0, 0.05) is 25.9 Å². The molecule has 0 rings (SSSR count). The predicted molar refractivity (Wildman–Crippen MR) is 73.8 cm³/mol. The number of nitrogens with two attached hydrogens (primary N) is 2. The predicted octanol–water partition coefficient (Wildman–Crippen LogP) is -1.46. The van der Waals surface area contributed by atoms with E-state index in [1.165, 1.54) is 0 Å². The molecule has 0 spiro atoms. The minimum atomic E-state index is -1.07. The Morgan fingerprint density at radius 3 is 2.25 bits per heavy atom. The van der Waals surface area contributed by atoms with E-state index < -0.39 is 17.9 Å². The summed E-state index contributed by atoms with van der Waals surface area (Å²) in [5.74, 6) is -1.70. The van der Waals surface area contributed by atoms with E-state index in [0.29, 0.717) is 19.4 Å². The van der Waals surface area contributed by atoms with Gasteiger partial charge in [-0.25, -0.2) is 4.79 Å². The molecule has 0 unspecified atom stereocenters. The highest BCUT2D eigenvalue weighted by Gasteiger charge is 2.18. The lowest BCUT2D eigenvalue weighted by atomic mass is 10.1. The number of unbranched alkanes of at least 4 members (excludes halogenated alkanes) is 1. The number of hydrogen-bond acceptors (Lipinski definition) is 5. The van der Waals surface area contributed by atoms with Gasteiger partial charge < -0.3 is 27.2 Å². The van der Waals surface area contributed by atoms with Gasteiger partial charge in [0.25, 0.3) is 0 Å². The minimum absolute atomic E-state index is 0.0387. The molecule has 0 aliphatic heterocycles. The van der Waals surface area contributed by atoms with Crippen LogP contribution in [0.4, 0.5) is 0 Å². The molecule has 116 valence electrons. The summed E-state index contributed by atoms with van der Waals surface area (Å²) in [4.78, 5) is 33.6. The van der Waals surface area contributed by atoms with Crippen LogP contribution in [-0.2, 0) is 14.4 Å². The molecule has 0 fully saturated rings. The Labute approximate surface area is 118 Å². The number of amides is 2. The highest BCUT2D eigenvalue weighted by atomic mass is 16.4. The Balaban J connectivity index is 3.94. The number of rotatable bonds is 11. The van der Waals surface area contributed by atoms with Gasteiger partial charge >= 0.3 is 5.97 Å². The number of carboxylic acid groups (broad SMARTS) is 1. The van der Waals surface area contributed by atoms with Crippen molar-refractivity contribution in [2.24, 2.45) is 11.5 Å². The summed E-state index contributed by atoms with van der Waals surface area (Å²) in [6, 6.07) is -0.909.